The minimum atomic E-state index is -3.59. The highest BCUT2D eigenvalue weighted by molar-refractivity contribution is 7.89. The fourth-order valence-corrected chi connectivity index (χ4v) is 6.57. The number of nitrogens with zero attached hydrogens (tertiary/aromatic N) is 4. The van der Waals surface area contributed by atoms with Crippen molar-refractivity contribution in [2.45, 2.75) is 31.2 Å². The van der Waals surface area contributed by atoms with Crippen LogP contribution in [0.1, 0.15) is 34.0 Å². The van der Waals surface area contributed by atoms with Gasteiger partial charge < -0.3 is 9.42 Å². The predicted molar refractivity (Wildman–Crippen MR) is 105 cm³/mol. The topological polar surface area (TPSA) is 87.0 Å². The second-order valence-corrected chi connectivity index (χ2v) is 10.1. The number of carbonyl (C=O) groups excluding carboxylic acids is 1. The van der Waals surface area contributed by atoms with Crippen molar-refractivity contribution in [2.24, 2.45) is 0 Å². The van der Waals surface area contributed by atoms with Gasteiger partial charge in [0.2, 0.25) is 10.0 Å². The first-order valence-electron chi connectivity index (χ1n) is 9.46. The lowest BCUT2D eigenvalue weighted by molar-refractivity contribution is 0.0618. The van der Waals surface area contributed by atoms with Gasteiger partial charge in [0.05, 0.1) is 12.2 Å². The largest absolute Gasteiger partial charge is 0.360 e. The molecule has 2 aliphatic heterocycles. The fraction of sp³-hybridized carbons (Fsp3) is 0.556. The number of aryl methyl sites for hydroxylation is 1. The van der Waals surface area contributed by atoms with Crippen LogP contribution in [0.5, 0.6) is 0 Å². The Morgan fingerprint density at radius 3 is 2.54 bits per heavy atom. The number of piperazine rings is 1. The van der Waals surface area contributed by atoms with E-state index < -0.39 is 10.0 Å². The molecule has 0 bridgehead atoms. The summed E-state index contributed by atoms with van der Waals surface area (Å²) in [6.45, 7) is 6.17. The molecule has 2 saturated heterocycles. The van der Waals surface area contributed by atoms with Gasteiger partial charge in [0, 0.05) is 45.3 Å². The Bertz CT molecular complexity index is 938. The highest BCUT2D eigenvalue weighted by atomic mass is 32.2. The van der Waals surface area contributed by atoms with Crippen LogP contribution in [0.15, 0.2) is 26.9 Å². The summed E-state index contributed by atoms with van der Waals surface area (Å²) in [4.78, 5) is 17.5. The Kier molecular flexibility index (Phi) is 5.55. The fourth-order valence-electron chi connectivity index (χ4n) is 3.69. The molecule has 0 aromatic carbocycles. The van der Waals surface area contributed by atoms with E-state index in [4.69, 9.17) is 4.52 Å². The number of carbonyl (C=O) groups is 1. The minimum absolute atomic E-state index is 0.156. The van der Waals surface area contributed by atoms with Gasteiger partial charge in [-0.2, -0.15) is 4.31 Å². The van der Waals surface area contributed by atoms with Crippen molar-refractivity contribution in [1.29, 1.82) is 0 Å². The summed E-state index contributed by atoms with van der Waals surface area (Å²) in [6, 6.07) is 3.48. The van der Waals surface area contributed by atoms with Crippen LogP contribution >= 0.6 is 11.3 Å². The van der Waals surface area contributed by atoms with E-state index in [1.54, 1.807) is 16.3 Å². The van der Waals surface area contributed by atoms with Crippen molar-refractivity contribution >= 4 is 27.3 Å². The van der Waals surface area contributed by atoms with Crippen LogP contribution < -0.4 is 0 Å². The van der Waals surface area contributed by atoms with Gasteiger partial charge in [-0.3, -0.25) is 9.69 Å². The number of aromatic nitrogens is 1. The number of amides is 1. The second kappa shape index (κ2) is 7.94. The molecule has 0 aliphatic carbocycles. The van der Waals surface area contributed by atoms with Gasteiger partial charge in [0.15, 0.2) is 5.76 Å². The molecule has 2 aliphatic rings. The maximum absolute atomic E-state index is 13.0. The molecule has 0 spiro atoms. The van der Waals surface area contributed by atoms with E-state index in [-0.39, 0.29) is 10.8 Å². The van der Waals surface area contributed by atoms with Crippen LogP contribution in [0.25, 0.3) is 0 Å². The molecule has 1 amide bonds. The number of hydrogen-bond donors (Lipinski definition) is 0. The predicted octanol–water partition coefficient (Wildman–Crippen LogP) is 1.79. The van der Waals surface area contributed by atoms with Crippen LogP contribution in [0, 0.1) is 6.92 Å². The third-order valence-electron chi connectivity index (χ3n) is 5.22. The SMILES string of the molecule is Cc1cc(CN2CCN(C(=O)c3sccc3S(=O)(=O)N3CCCC3)CC2)on1. The summed E-state index contributed by atoms with van der Waals surface area (Å²) in [6.07, 6.45) is 1.75. The van der Waals surface area contributed by atoms with Crippen LogP contribution in [0.4, 0.5) is 0 Å². The van der Waals surface area contributed by atoms with Crippen LogP contribution in [0.3, 0.4) is 0 Å². The second-order valence-electron chi connectivity index (χ2n) is 7.23. The lowest BCUT2D eigenvalue weighted by Crippen LogP contribution is -2.48. The number of hydrogen-bond acceptors (Lipinski definition) is 7. The Morgan fingerprint density at radius 1 is 1.18 bits per heavy atom. The zero-order valence-corrected chi connectivity index (χ0v) is 17.5. The Morgan fingerprint density at radius 2 is 1.89 bits per heavy atom. The van der Waals surface area contributed by atoms with E-state index in [9.17, 15) is 13.2 Å². The highest BCUT2D eigenvalue weighted by Gasteiger charge is 2.34. The first-order valence-corrected chi connectivity index (χ1v) is 11.8. The van der Waals surface area contributed by atoms with E-state index in [2.05, 4.69) is 10.1 Å². The lowest BCUT2D eigenvalue weighted by atomic mass is 10.2. The van der Waals surface area contributed by atoms with Gasteiger partial charge in [-0.1, -0.05) is 5.16 Å². The summed E-state index contributed by atoms with van der Waals surface area (Å²) in [5.74, 6) is 0.623. The number of thiophene rings is 1. The quantitative estimate of drug-likeness (QED) is 0.727. The maximum Gasteiger partial charge on any atom is 0.265 e. The van der Waals surface area contributed by atoms with Crippen molar-refractivity contribution in [3.05, 3.63) is 33.8 Å². The third kappa shape index (κ3) is 3.86. The molecule has 0 N–H and O–H groups in total. The molecule has 28 heavy (non-hydrogen) atoms. The highest BCUT2D eigenvalue weighted by Crippen LogP contribution is 2.29. The molecule has 2 fully saturated rings. The summed E-state index contributed by atoms with van der Waals surface area (Å²) in [7, 11) is -3.59. The molecule has 0 unspecified atom stereocenters. The molecule has 0 atom stereocenters. The van der Waals surface area contributed by atoms with Gasteiger partial charge in [0.25, 0.3) is 5.91 Å². The molecule has 2 aromatic heterocycles. The molecular weight excluding hydrogens is 400 g/mol. The molecule has 4 heterocycles. The van der Waals surface area contributed by atoms with Crippen LogP contribution in [-0.4, -0.2) is 72.9 Å². The number of rotatable bonds is 5. The molecular formula is C18H24N4O4S2. The van der Waals surface area contributed by atoms with E-state index >= 15 is 0 Å². The molecule has 2 aromatic rings. The third-order valence-corrected chi connectivity index (χ3v) is 8.19. The van der Waals surface area contributed by atoms with Crippen molar-refractivity contribution in [3.63, 3.8) is 0 Å². The van der Waals surface area contributed by atoms with Gasteiger partial charge in [-0.05, 0) is 31.2 Å². The van der Waals surface area contributed by atoms with Gasteiger partial charge in [0.1, 0.15) is 9.77 Å². The molecule has 152 valence electrons. The lowest BCUT2D eigenvalue weighted by Gasteiger charge is -2.34. The Balaban J connectivity index is 1.41. The zero-order chi connectivity index (χ0) is 19.7. The summed E-state index contributed by atoms with van der Waals surface area (Å²) in [5, 5.41) is 5.59. The summed E-state index contributed by atoms with van der Waals surface area (Å²) in [5.41, 5.74) is 0.855. The normalized spacial score (nSPS) is 19.4. The van der Waals surface area contributed by atoms with Crippen LogP contribution in [0.2, 0.25) is 0 Å². The zero-order valence-electron chi connectivity index (χ0n) is 15.8. The first kappa shape index (κ1) is 19.6. The standard InChI is InChI=1S/C18H24N4O4S2/c1-14-12-15(26-19-14)13-20-7-9-21(10-8-20)18(23)17-16(4-11-27-17)28(24,25)22-5-2-3-6-22/h4,11-12H,2-3,5-10,13H2,1H3. The minimum Gasteiger partial charge on any atom is -0.360 e. The Hall–Kier alpha value is -1.75. The average Bonchev–Trinajstić information content (AvgIpc) is 3.44. The molecule has 10 heteroatoms. The van der Waals surface area contributed by atoms with Crippen molar-refractivity contribution < 1.29 is 17.7 Å². The first-order chi connectivity index (χ1) is 13.4. The molecule has 8 nitrogen and oxygen atoms in total. The summed E-state index contributed by atoms with van der Waals surface area (Å²) < 4.78 is 32.5. The average molecular weight is 425 g/mol. The number of sulfonamides is 1. The van der Waals surface area contributed by atoms with Crippen molar-refractivity contribution in [3.8, 4) is 0 Å². The monoisotopic (exact) mass is 424 g/mol. The smallest absolute Gasteiger partial charge is 0.265 e. The van der Waals surface area contributed by atoms with E-state index in [1.807, 2.05) is 13.0 Å². The van der Waals surface area contributed by atoms with Gasteiger partial charge in [-0.15, -0.1) is 11.3 Å². The molecule has 0 saturated carbocycles. The van der Waals surface area contributed by atoms with Gasteiger partial charge in [-0.25, -0.2) is 8.42 Å². The van der Waals surface area contributed by atoms with E-state index in [0.29, 0.717) is 50.7 Å². The van der Waals surface area contributed by atoms with Crippen LogP contribution in [-0.2, 0) is 16.6 Å². The maximum atomic E-state index is 13.0. The van der Waals surface area contributed by atoms with Crippen molar-refractivity contribution in [2.75, 3.05) is 39.3 Å². The van der Waals surface area contributed by atoms with E-state index in [1.165, 1.54) is 15.6 Å². The molecule has 0 radical (unpaired) electrons. The van der Waals surface area contributed by atoms with Crippen molar-refractivity contribution in [1.82, 2.24) is 19.3 Å². The van der Waals surface area contributed by atoms with Gasteiger partial charge >= 0.3 is 0 Å². The van der Waals surface area contributed by atoms with E-state index in [0.717, 1.165) is 24.3 Å². The Labute approximate surface area is 168 Å². The summed E-state index contributed by atoms with van der Waals surface area (Å²) >= 11 is 1.21. The molecule has 4 rings (SSSR count).